The molecule has 0 aliphatic carbocycles. The summed E-state index contributed by atoms with van der Waals surface area (Å²) in [6.07, 6.45) is 4.78. The fraction of sp³-hybridized carbons (Fsp3) is 0.214. The van der Waals surface area contributed by atoms with Gasteiger partial charge in [0, 0.05) is 15.8 Å². The highest BCUT2D eigenvalue weighted by Crippen LogP contribution is 2.19. The van der Waals surface area contributed by atoms with Crippen LogP contribution in [0.15, 0.2) is 42.7 Å². The molecule has 1 aromatic heterocycles. The molecule has 0 spiro atoms. The molecule has 0 aliphatic heterocycles. The van der Waals surface area contributed by atoms with Crippen LogP contribution < -0.4 is 10.6 Å². The molecule has 2 N–H and O–H groups in total. The number of nitrogens with zero attached hydrogens (tertiary/aromatic N) is 1. The van der Waals surface area contributed by atoms with Crippen molar-refractivity contribution in [3.05, 3.63) is 46.3 Å². The van der Waals surface area contributed by atoms with Crippen LogP contribution in [0.25, 0.3) is 0 Å². The third kappa shape index (κ3) is 3.87. The SMILES string of the molecule is CCCNc1cncc(Nc2ccc(I)cc2)c1. The molecule has 0 atom stereocenters. The van der Waals surface area contributed by atoms with E-state index in [-0.39, 0.29) is 0 Å². The second-order valence-electron chi connectivity index (χ2n) is 4.02. The standard InChI is InChI=1S/C14H16IN3/c1-2-7-17-13-8-14(10-16-9-13)18-12-5-3-11(15)4-6-12/h3-6,8-10,17-18H,2,7H2,1H3. The van der Waals surface area contributed by atoms with Crippen molar-refractivity contribution in [2.75, 3.05) is 17.2 Å². The van der Waals surface area contributed by atoms with Crippen LogP contribution >= 0.6 is 22.6 Å². The van der Waals surface area contributed by atoms with Gasteiger partial charge in [0.05, 0.1) is 23.8 Å². The zero-order chi connectivity index (χ0) is 12.8. The fourth-order valence-corrected chi connectivity index (χ4v) is 1.93. The minimum Gasteiger partial charge on any atom is -0.384 e. The maximum Gasteiger partial charge on any atom is 0.0591 e. The van der Waals surface area contributed by atoms with E-state index in [1.54, 1.807) is 0 Å². The zero-order valence-corrected chi connectivity index (χ0v) is 12.4. The van der Waals surface area contributed by atoms with E-state index in [1.807, 2.05) is 12.4 Å². The van der Waals surface area contributed by atoms with Crippen LogP contribution in [0.1, 0.15) is 13.3 Å². The van der Waals surface area contributed by atoms with Crippen LogP contribution in [0.2, 0.25) is 0 Å². The largest absolute Gasteiger partial charge is 0.384 e. The Morgan fingerprint density at radius 3 is 2.50 bits per heavy atom. The summed E-state index contributed by atoms with van der Waals surface area (Å²) in [4.78, 5) is 4.22. The molecule has 0 saturated heterocycles. The van der Waals surface area contributed by atoms with Gasteiger partial charge in [0.15, 0.2) is 0 Å². The summed E-state index contributed by atoms with van der Waals surface area (Å²) < 4.78 is 1.23. The molecule has 0 fully saturated rings. The molecule has 0 aliphatic rings. The van der Waals surface area contributed by atoms with Crippen molar-refractivity contribution in [1.29, 1.82) is 0 Å². The lowest BCUT2D eigenvalue weighted by Crippen LogP contribution is -2.00. The van der Waals surface area contributed by atoms with Crippen LogP contribution in [0, 0.1) is 3.57 Å². The van der Waals surface area contributed by atoms with Crippen molar-refractivity contribution in [1.82, 2.24) is 4.98 Å². The molecule has 0 radical (unpaired) electrons. The first-order valence-corrected chi connectivity index (χ1v) is 7.07. The molecule has 94 valence electrons. The molecular formula is C14H16IN3. The number of benzene rings is 1. The molecule has 0 unspecified atom stereocenters. The van der Waals surface area contributed by atoms with Crippen LogP contribution in [-0.2, 0) is 0 Å². The molecule has 1 aromatic carbocycles. The Balaban J connectivity index is 2.06. The van der Waals surface area contributed by atoms with Gasteiger partial charge in [-0.2, -0.15) is 0 Å². The molecule has 0 amide bonds. The normalized spacial score (nSPS) is 10.1. The molecule has 3 nitrogen and oxygen atoms in total. The van der Waals surface area contributed by atoms with Gasteiger partial charge >= 0.3 is 0 Å². The van der Waals surface area contributed by atoms with E-state index in [1.165, 1.54) is 3.57 Å². The van der Waals surface area contributed by atoms with E-state index in [0.29, 0.717) is 0 Å². The van der Waals surface area contributed by atoms with Crippen molar-refractivity contribution in [2.45, 2.75) is 13.3 Å². The van der Waals surface area contributed by atoms with Crippen LogP contribution in [0.3, 0.4) is 0 Å². The summed E-state index contributed by atoms with van der Waals surface area (Å²) in [5.74, 6) is 0. The molecule has 1 heterocycles. The molecule has 0 bridgehead atoms. The van der Waals surface area contributed by atoms with Crippen molar-refractivity contribution in [3.63, 3.8) is 0 Å². The third-order valence-electron chi connectivity index (χ3n) is 2.45. The highest BCUT2D eigenvalue weighted by atomic mass is 127. The first-order chi connectivity index (χ1) is 8.78. The van der Waals surface area contributed by atoms with Gasteiger partial charge in [-0.3, -0.25) is 4.98 Å². The highest BCUT2D eigenvalue weighted by molar-refractivity contribution is 14.1. The van der Waals surface area contributed by atoms with E-state index < -0.39 is 0 Å². The van der Waals surface area contributed by atoms with Gasteiger partial charge in [-0.05, 0) is 59.3 Å². The molecule has 18 heavy (non-hydrogen) atoms. The highest BCUT2D eigenvalue weighted by Gasteiger charge is 1.97. The molecule has 2 rings (SSSR count). The van der Waals surface area contributed by atoms with Crippen LogP contribution in [0.5, 0.6) is 0 Å². The van der Waals surface area contributed by atoms with Crippen LogP contribution in [0.4, 0.5) is 17.1 Å². The van der Waals surface area contributed by atoms with Crippen molar-refractivity contribution in [3.8, 4) is 0 Å². The lowest BCUT2D eigenvalue weighted by Gasteiger charge is -2.09. The summed E-state index contributed by atoms with van der Waals surface area (Å²) in [6.45, 7) is 3.11. The minimum atomic E-state index is 0.967. The van der Waals surface area contributed by atoms with Gasteiger partial charge in [-0.1, -0.05) is 6.92 Å². The molecular weight excluding hydrogens is 337 g/mol. The average molecular weight is 353 g/mol. The number of hydrogen-bond acceptors (Lipinski definition) is 3. The minimum absolute atomic E-state index is 0.967. The van der Waals surface area contributed by atoms with Gasteiger partial charge in [-0.15, -0.1) is 0 Å². The number of aromatic nitrogens is 1. The topological polar surface area (TPSA) is 37.0 Å². The van der Waals surface area contributed by atoms with E-state index in [0.717, 1.165) is 30.0 Å². The summed E-state index contributed by atoms with van der Waals surface area (Å²) in [7, 11) is 0. The Morgan fingerprint density at radius 2 is 1.78 bits per heavy atom. The van der Waals surface area contributed by atoms with Gasteiger partial charge in [-0.25, -0.2) is 0 Å². The van der Waals surface area contributed by atoms with E-state index in [2.05, 4.69) is 75.5 Å². The number of halogens is 1. The second kappa shape index (κ2) is 6.58. The van der Waals surface area contributed by atoms with Gasteiger partial charge in [0.25, 0.3) is 0 Å². The monoisotopic (exact) mass is 353 g/mol. The maximum atomic E-state index is 4.22. The predicted molar refractivity (Wildman–Crippen MR) is 85.5 cm³/mol. The quantitative estimate of drug-likeness (QED) is 0.789. The van der Waals surface area contributed by atoms with E-state index in [4.69, 9.17) is 0 Å². The molecule has 0 saturated carbocycles. The number of nitrogens with one attached hydrogen (secondary N) is 2. The number of anilines is 3. The van der Waals surface area contributed by atoms with Crippen molar-refractivity contribution >= 4 is 39.7 Å². The Morgan fingerprint density at radius 1 is 1.06 bits per heavy atom. The van der Waals surface area contributed by atoms with Crippen LogP contribution in [-0.4, -0.2) is 11.5 Å². The third-order valence-corrected chi connectivity index (χ3v) is 3.17. The predicted octanol–water partition coefficient (Wildman–Crippen LogP) is 4.25. The lowest BCUT2D eigenvalue weighted by molar-refractivity contribution is 0.978. The smallest absolute Gasteiger partial charge is 0.0591 e. The molecule has 2 aromatic rings. The Labute approximate surface area is 121 Å². The first-order valence-electron chi connectivity index (χ1n) is 5.99. The van der Waals surface area contributed by atoms with Crippen molar-refractivity contribution in [2.24, 2.45) is 0 Å². The second-order valence-corrected chi connectivity index (χ2v) is 5.27. The van der Waals surface area contributed by atoms with E-state index >= 15 is 0 Å². The lowest BCUT2D eigenvalue weighted by atomic mass is 10.3. The average Bonchev–Trinajstić information content (AvgIpc) is 2.40. The maximum absolute atomic E-state index is 4.22. The van der Waals surface area contributed by atoms with Gasteiger partial charge < -0.3 is 10.6 Å². The summed E-state index contributed by atoms with van der Waals surface area (Å²) in [6, 6.07) is 10.4. The fourth-order valence-electron chi connectivity index (χ4n) is 1.57. The Kier molecular flexibility index (Phi) is 4.81. The first kappa shape index (κ1) is 13.1. The number of hydrogen-bond donors (Lipinski definition) is 2. The summed E-state index contributed by atoms with van der Waals surface area (Å²) >= 11 is 2.30. The Bertz CT molecular complexity index is 497. The number of rotatable bonds is 5. The summed E-state index contributed by atoms with van der Waals surface area (Å²) in [5, 5.41) is 6.67. The van der Waals surface area contributed by atoms with Crippen molar-refractivity contribution < 1.29 is 0 Å². The summed E-state index contributed by atoms with van der Waals surface area (Å²) in [5.41, 5.74) is 3.12. The zero-order valence-electron chi connectivity index (χ0n) is 10.3. The van der Waals surface area contributed by atoms with Gasteiger partial charge in [0.1, 0.15) is 0 Å². The van der Waals surface area contributed by atoms with E-state index in [9.17, 15) is 0 Å². The van der Waals surface area contributed by atoms with Gasteiger partial charge in [0.2, 0.25) is 0 Å². The Hall–Kier alpha value is -1.30. The molecule has 4 heteroatoms. The number of pyridine rings is 1.